The topological polar surface area (TPSA) is 87.7 Å². The first-order valence-corrected chi connectivity index (χ1v) is 4.62. The van der Waals surface area contributed by atoms with E-state index in [-0.39, 0.29) is 5.84 Å². The highest BCUT2D eigenvalue weighted by atomic mass is 15.1. The second-order valence-electron chi connectivity index (χ2n) is 3.55. The molecule has 14 heavy (non-hydrogen) atoms. The molecule has 0 aliphatic heterocycles. The molecular formula is C9H13N5. The SMILES string of the molecule is Cc1cc(C(=N)N)nc(NC2CC2)n1. The Morgan fingerprint density at radius 3 is 2.86 bits per heavy atom. The van der Waals surface area contributed by atoms with E-state index in [2.05, 4.69) is 15.3 Å². The molecule has 1 saturated carbocycles. The highest BCUT2D eigenvalue weighted by Crippen LogP contribution is 2.22. The monoisotopic (exact) mass is 191 g/mol. The van der Waals surface area contributed by atoms with E-state index in [4.69, 9.17) is 11.1 Å². The van der Waals surface area contributed by atoms with Gasteiger partial charge in [0, 0.05) is 11.7 Å². The number of hydrogen-bond donors (Lipinski definition) is 3. The van der Waals surface area contributed by atoms with E-state index in [1.165, 1.54) is 12.8 Å². The van der Waals surface area contributed by atoms with E-state index in [1.54, 1.807) is 6.07 Å². The summed E-state index contributed by atoms with van der Waals surface area (Å²) in [6.07, 6.45) is 2.35. The molecule has 0 bridgehead atoms. The molecule has 1 heterocycles. The molecule has 5 heteroatoms. The average molecular weight is 191 g/mol. The third kappa shape index (κ3) is 1.99. The summed E-state index contributed by atoms with van der Waals surface area (Å²) in [7, 11) is 0. The van der Waals surface area contributed by atoms with E-state index < -0.39 is 0 Å². The number of rotatable bonds is 3. The van der Waals surface area contributed by atoms with Gasteiger partial charge in [0.05, 0.1) is 0 Å². The third-order valence-electron chi connectivity index (χ3n) is 2.04. The Labute approximate surface area is 82.3 Å². The molecule has 1 fully saturated rings. The molecule has 1 aliphatic carbocycles. The maximum absolute atomic E-state index is 7.29. The molecule has 0 atom stereocenters. The van der Waals surface area contributed by atoms with Crippen LogP contribution in [0.25, 0.3) is 0 Å². The zero-order chi connectivity index (χ0) is 10.1. The van der Waals surface area contributed by atoms with Gasteiger partial charge in [-0.1, -0.05) is 0 Å². The van der Waals surface area contributed by atoms with E-state index in [9.17, 15) is 0 Å². The molecule has 0 spiro atoms. The normalized spacial score (nSPS) is 15.2. The van der Waals surface area contributed by atoms with Crippen LogP contribution in [0.1, 0.15) is 24.2 Å². The Morgan fingerprint density at radius 1 is 1.57 bits per heavy atom. The summed E-state index contributed by atoms with van der Waals surface area (Å²) < 4.78 is 0. The van der Waals surface area contributed by atoms with Crippen molar-refractivity contribution in [3.63, 3.8) is 0 Å². The van der Waals surface area contributed by atoms with Gasteiger partial charge in [-0.25, -0.2) is 9.97 Å². The van der Waals surface area contributed by atoms with Crippen LogP contribution in [0.15, 0.2) is 6.07 Å². The highest BCUT2D eigenvalue weighted by molar-refractivity contribution is 5.93. The predicted molar refractivity (Wildman–Crippen MR) is 54.4 cm³/mol. The van der Waals surface area contributed by atoms with Gasteiger partial charge in [0.25, 0.3) is 0 Å². The van der Waals surface area contributed by atoms with Crippen molar-refractivity contribution in [1.29, 1.82) is 5.41 Å². The number of nitrogens with two attached hydrogens (primary N) is 1. The number of nitrogens with one attached hydrogen (secondary N) is 2. The van der Waals surface area contributed by atoms with Crippen LogP contribution in [0, 0.1) is 12.3 Å². The van der Waals surface area contributed by atoms with Gasteiger partial charge in [-0.15, -0.1) is 0 Å². The zero-order valence-corrected chi connectivity index (χ0v) is 8.04. The molecular weight excluding hydrogens is 178 g/mol. The van der Waals surface area contributed by atoms with Gasteiger partial charge in [0.1, 0.15) is 11.5 Å². The molecule has 2 rings (SSSR count). The van der Waals surface area contributed by atoms with Crippen LogP contribution in [-0.4, -0.2) is 21.8 Å². The molecule has 5 nitrogen and oxygen atoms in total. The molecule has 4 N–H and O–H groups in total. The van der Waals surface area contributed by atoms with Crippen LogP contribution in [0.4, 0.5) is 5.95 Å². The van der Waals surface area contributed by atoms with Crippen molar-refractivity contribution >= 4 is 11.8 Å². The fourth-order valence-electron chi connectivity index (χ4n) is 1.18. The molecule has 1 aromatic rings. The zero-order valence-electron chi connectivity index (χ0n) is 8.04. The molecule has 0 saturated heterocycles. The lowest BCUT2D eigenvalue weighted by Gasteiger charge is -2.05. The van der Waals surface area contributed by atoms with Crippen molar-refractivity contribution in [3.05, 3.63) is 17.5 Å². The number of hydrogen-bond acceptors (Lipinski definition) is 4. The minimum atomic E-state index is -0.0191. The van der Waals surface area contributed by atoms with Gasteiger partial charge in [-0.3, -0.25) is 5.41 Å². The molecule has 0 amide bonds. The van der Waals surface area contributed by atoms with Crippen LogP contribution >= 0.6 is 0 Å². The van der Waals surface area contributed by atoms with Crippen molar-refractivity contribution in [3.8, 4) is 0 Å². The maximum Gasteiger partial charge on any atom is 0.223 e. The van der Waals surface area contributed by atoms with Gasteiger partial charge < -0.3 is 11.1 Å². The lowest BCUT2D eigenvalue weighted by Crippen LogP contribution is -2.16. The Morgan fingerprint density at radius 2 is 2.29 bits per heavy atom. The highest BCUT2D eigenvalue weighted by Gasteiger charge is 2.22. The first-order chi connectivity index (χ1) is 6.65. The molecule has 0 radical (unpaired) electrons. The second kappa shape index (κ2) is 3.25. The Hall–Kier alpha value is -1.65. The van der Waals surface area contributed by atoms with E-state index >= 15 is 0 Å². The van der Waals surface area contributed by atoms with Gasteiger partial charge in [-0.2, -0.15) is 0 Å². The first kappa shape index (κ1) is 8.93. The van der Waals surface area contributed by atoms with Crippen LogP contribution in [0.5, 0.6) is 0 Å². The van der Waals surface area contributed by atoms with Crippen molar-refractivity contribution in [1.82, 2.24) is 9.97 Å². The van der Waals surface area contributed by atoms with Gasteiger partial charge in [0.2, 0.25) is 5.95 Å². The Bertz CT molecular complexity index is 369. The minimum Gasteiger partial charge on any atom is -0.382 e. The first-order valence-electron chi connectivity index (χ1n) is 4.62. The van der Waals surface area contributed by atoms with Gasteiger partial charge in [-0.05, 0) is 25.8 Å². The van der Waals surface area contributed by atoms with Gasteiger partial charge in [0.15, 0.2) is 0 Å². The van der Waals surface area contributed by atoms with Crippen molar-refractivity contribution < 1.29 is 0 Å². The largest absolute Gasteiger partial charge is 0.382 e. The smallest absolute Gasteiger partial charge is 0.223 e. The quantitative estimate of drug-likeness (QED) is 0.483. The van der Waals surface area contributed by atoms with Crippen LogP contribution in [0.2, 0.25) is 0 Å². The lowest BCUT2D eigenvalue weighted by molar-refractivity contribution is 1.02. The number of aryl methyl sites for hydroxylation is 1. The lowest BCUT2D eigenvalue weighted by atomic mass is 10.3. The summed E-state index contributed by atoms with van der Waals surface area (Å²) in [6, 6.07) is 2.22. The molecule has 0 aromatic carbocycles. The van der Waals surface area contributed by atoms with Crippen LogP contribution in [-0.2, 0) is 0 Å². The Kier molecular flexibility index (Phi) is 2.07. The van der Waals surface area contributed by atoms with Crippen LogP contribution in [0.3, 0.4) is 0 Å². The van der Waals surface area contributed by atoms with Crippen molar-refractivity contribution in [2.24, 2.45) is 5.73 Å². The summed E-state index contributed by atoms with van der Waals surface area (Å²) in [5.41, 5.74) is 6.68. The summed E-state index contributed by atoms with van der Waals surface area (Å²) >= 11 is 0. The summed E-state index contributed by atoms with van der Waals surface area (Å²) in [6.45, 7) is 1.87. The van der Waals surface area contributed by atoms with Gasteiger partial charge >= 0.3 is 0 Å². The summed E-state index contributed by atoms with van der Waals surface area (Å²) in [4.78, 5) is 8.36. The fourth-order valence-corrected chi connectivity index (χ4v) is 1.18. The van der Waals surface area contributed by atoms with Crippen LogP contribution < -0.4 is 11.1 Å². The molecule has 74 valence electrons. The molecule has 1 aromatic heterocycles. The third-order valence-corrected chi connectivity index (χ3v) is 2.04. The number of anilines is 1. The fraction of sp³-hybridized carbons (Fsp3) is 0.444. The summed E-state index contributed by atoms with van der Waals surface area (Å²) in [5.74, 6) is 0.562. The van der Waals surface area contributed by atoms with Crippen molar-refractivity contribution in [2.75, 3.05) is 5.32 Å². The summed E-state index contributed by atoms with van der Waals surface area (Å²) in [5, 5.41) is 10.5. The van der Waals surface area contributed by atoms with E-state index in [0.29, 0.717) is 17.7 Å². The van der Waals surface area contributed by atoms with E-state index in [1.807, 2.05) is 6.92 Å². The minimum absolute atomic E-state index is 0.0191. The number of amidine groups is 1. The number of aromatic nitrogens is 2. The maximum atomic E-state index is 7.29. The Balaban J connectivity index is 2.25. The standard InChI is InChI=1S/C9H13N5/c1-5-4-7(8(10)11)14-9(12-5)13-6-2-3-6/h4,6H,2-3H2,1H3,(H3,10,11)(H,12,13,14). The number of nitrogens with zero attached hydrogens (tertiary/aromatic N) is 2. The second-order valence-corrected chi connectivity index (χ2v) is 3.55. The molecule has 1 aliphatic rings. The number of nitrogen functional groups attached to an aromatic ring is 1. The average Bonchev–Trinajstić information content (AvgIpc) is 2.87. The van der Waals surface area contributed by atoms with E-state index in [0.717, 1.165) is 5.69 Å². The molecule has 0 unspecified atom stereocenters. The van der Waals surface area contributed by atoms with Crippen molar-refractivity contribution in [2.45, 2.75) is 25.8 Å². The predicted octanol–water partition coefficient (Wildman–Crippen LogP) is 0.643.